The van der Waals surface area contributed by atoms with Crippen LogP contribution >= 0.6 is 34.4 Å². The highest BCUT2D eigenvalue weighted by molar-refractivity contribution is 14.1. The Labute approximate surface area is 233 Å². The number of aliphatic hydroxyl groups excluding tert-OH is 1. The van der Waals surface area contributed by atoms with Gasteiger partial charge in [-0.3, -0.25) is 4.79 Å². The van der Waals surface area contributed by atoms with Crippen molar-refractivity contribution in [3.8, 4) is 17.6 Å². The molecule has 1 aliphatic rings. The average molecular weight is 632 g/mol. The highest BCUT2D eigenvalue weighted by Gasteiger charge is 2.33. The maximum absolute atomic E-state index is 12.5. The minimum absolute atomic E-state index is 0.110. The van der Waals surface area contributed by atoms with E-state index in [1.54, 1.807) is 31.2 Å². The highest BCUT2D eigenvalue weighted by atomic mass is 127. The van der Waals surface area contributed by atoms with Crippen LogP contribution < -0.4 is 9.47 Å². The number of methoxy groups -OCH3 is 1. The molecule has 0 aliphatic carbocycles. The number of amides is 1. The zero-order valence-electron chi connectivity index (χ0n) is 20.5. The molecular formula is C27H25IN2O6S. The third kappa shape index (κ3) is 6.93. The van der Waals surface area contributed by atoms with Gasteiger partial charge in [-0.2, -0.15) is 5.26 Å². The van der Waals surface area contributed by atoms with Gasteiger partial charge in [-0.05, 0) is 65.8 Å². The number of halogens is 1. The van der Waals surface area contributed by atoms with Crippen LogP contribution in [0.3, 0.4) is 0 Å². The predicted octanol–water partition coefficient (Wildman–Crippen LogP) is 5.94. The molecule has 2 aromatic rings. The van der Waals surface area contributed by atoms with Crippen LogP contribution in [0.25, 0.3) is 6.08 Å². The van der Waals surface area contributed by atoms with E-state index in [0.29, 0.717) is 34.0 Å². The lowest BCUT2D eigenvalue weighted by molar-refractivity contribution is -0.138. The summed E-state index contributed by atoms with van der Waals surface area (Å²) in [5.74, 6) is -0.452. The molecule has 10 heteroatoms. The number of nitriles is 1. The topological polar surface area (TPSA) is 118 Å². The van der Waals surface area contributed by atoms with E-state index in [0.717, 1.165) is 20.9 Å². The summed E-state index contributed by atoms with van der Waals surface area (Å²) in [6.07, 6.45) is 2.52. The zero-order valence-corrected chi connectivity index (χ0v) is 23.5. The van der Waals surface area contributed by atoms with E-state index in [2.05, 4.69) is 33.7 Å². The molecule has 0 bridgehead atoms. The van der Waals surface area contributed by atoms with E-state index < -0.39 is 5.97 Å². The molecule has 0 radical (unpaired) electrons. The van der Waals surface area contributed by atoms with Gasteiger partial charge < -0.3 is 19.3 Å². The third-order valence-corrected chi connectivity index (χ3v) is 6.94. The standard InChI is InChI=1S/C27H25IN2O6S/c1-4-8-22(31)30-26-23(27(33)35-5-2)24(32)21(37-26)13-16-11-19(28)25(20(12-16)34-3)36-15-18-10-7-6-9-17(18)14-29/h6-7,9-13,32H,4-5,8,15H2,1-3H3/b21-13-,30-26?. The van der Waals surface area contributed by atoms with Crippen molar-refractivity contribution in [1.29, 1.82) is 5.26 Å². The van der Waals surface area contributed by atoms with Crippen LogP contribution in [0, 0.1) is 14.9 Å². The minimum atomic E-state index is -0.743. The first kappa shape index (κ1) is 28.3. The molecule has 0 atom stereocenters. The van der Waals surface area contributed by atoms with Crippen molar-refractivity contribution in [1.82, 2.24) is 0 Å². The molecule has 0 spiro atoms. The number of ether oxygens (including phenoxy) is 3. The molecule has 0 unspecified atom stereocenters. The predicted molar refractivity (Wildman–Crippen MR) is 150 cm³/mol. The molecule has 0 aromatic heterocycles. The summed E-state index contributed by atoms with van der Waals surface area (Å²) in [4.78, 5) is 29.0. The summed E-state index contributed by atoms with van der Waals surface area (Å²) >= 11 is 3.14. The lowest BCUT2D eigenvalue weighted by Crippen LogP contribution is -2.14. The molecule has 3 rings (SSSR count). The first-order chi connectivity index (χ1) is 17.8. The Morgan fingerprint density at radius 1 is 1.24 bits per heavy atom. The van der Waals surface area contributed by atoms with E-state index >= 15 is 0 Å². The van der Waals surface area contributed by atoms with Gasteiger partial charge in [-0.25, -0.2) is 9.79 Å². The average Bonchev–Trinajstić information content (AvgIpc) is 3.17. The first-order valence-electron chi connectivity index (χ1n) is 11.4. The van der Waals surface area contributed by atoms with Crippen molar-refractivity contribution in [3.63, 3.8) is 0 Å². The van der Waals surface area contributed by atoms with Crippen molar-refractivity contribution >= 4 is 57.3 Å². The lowest BCUT2D eigenvalue weighted by Gasteiger charge is -2.14. The summed E-state index contributed by atoms with van der Waals surface area (Å²) < 4.78 is 17.4. The molecule has 1 heterocycles. The molecule has 1 N–H and O–H groups in total. The molecule has 1 amide bonds. The largest absolute Gasteiger partial charge is 0.506 e. The van der Waals surface area contributed by atoms with Gasteiger partial charge in [0.15, 0.2) is 11.5 Å². The van der Waals surface area contributed by atoms with Crippen LogP contribution in [-0.4, -0.2) is 35.7 Å². The number of aliphatic hydroxyl groups is 1. The summed E-state index contributed by atoms with van der Waals surface area (Å²) in [5, 5.41) is 20.3. The first-order valence-corrected chi connectivity index (χ1v) is 13.3. The number of rotatable bonds is 9. The Hall–Kier alpha value is -3.30. The Balaban J connectivity index is 1.95. The van der Waals surface area contributed by atoms with E-state index in [1.165, 1.54) is 7.11 Å². The summed E-state index contributed by atoms with van der Waals surface area (Å²) in [7, 11) is 1.52. The highest BCUT2D eigenvalue weighted by Crippen LogP contribution is 2.41. The fraction of sp³-hybridized carbons (Fsp3) is 0.259. The number of nitrogens with zero attached hydrogens (tertiary/aromatic N) is 2. The number of benzene rings is 2. The Morgan fingerprint density at radius 2 is 2.00 bits per heavy atom. The van der Waals surface area contributed by atoms with Gasteiger partial charge in [-0.15, -0.1) is 0 Å². The minimum Gasteiger partial charge on any atom is -0.506 e. The van der Waals surface area contributed by atoms with Gasteiger partial charge in [0.25, 0.3) is 0 Å². The van der Waals surface area contributed by atoms with Gasteiger partial charge in [0.05, 0.1) is 33.8 Å². The zero-order chi connectivity index (χ0) is 26.9. The maximum Gasteiger partial charge on any atom is 0.344 e. The normalized spacial score (nSPS) is 15.1. The van der Waals surface area contributed by atoms with Crippen molar-refractivity contribution < 1.29 is 28.9 Å². The summed E-state index contributed by atoms with van der Waals surface area (Å²) in [6.45, 7) is 3.81. The molecule has 37 heavy (non-hydrogen) atoms. The molecule has 192 valence electrons. The number of esters is 1. The molecule has 0 saturated carbocycles. The lowest BCUT2D eigenvalue weighted by atomic mass is 10.1. The van der Waals surface area contributed by atoms with Gasteiger partial charge in [0.1, 0.15) is 23.0 Å². The number of thioether (sulfide) groups is 1. The van der Waals surface area contributed by atoms with Crippen LogP contribution in [0.1, 0.15) is 43.4 Å². The number of aliphatic imine (C=N–C) groups is 1. The Kier molecular flexibility index (Phi) is 10.2. The maximum atomic E-state index is 12.5. The van der Waals surface area contributed by atoms with Crippen LogP contribution in [0.2, 0.25) is 0 Å². The Morgan fingerprint density at radius 3 is 2.68 bits per heavy atom. The second-order valence-corrected chi connectivity index (χ2v) is 9.90. The van der Waals surface area contributed by atoms with Gasteiger partial charge in [-0.1, -0.05) is 36.9 Å². The van der Waals surface area contributed by atoms with E-state index in [9.17, 15) is 20.0 Å². The molecule has 8 nitrogen and oxygen atoms in total. The third-order valence-electron chi connectivity index (χ3n) is 5.12. The molecular weight excluding hydrogens is 607 g/mol. The van der Waals surface area contributed by atoms with Crippen molar-refractivity contribution in [3.05, 3.63) is 72.9 Å². The van der Waals surface area contributed by atoms with E-state index in [4.69, 9.17) is 14.2 Å². The molecule has 1 aliphatic heterocycles. The Bertz CT molecular complexity index is 1340. The van der Waals surface area contributed by atoms with E-state index in [1.807, 2.05) is 25.1 Å². The van der Waals surface area contributed by atoms with Gasteiger partial charge in [0.2, 0.25) is 5.91 Å². The molecule has 0 saturated heterocycles. The number of carbonyl (C=O) groups is 2. The number of hydrogen-bond donors (Lipinski definition) is 1. The fourth-order valence-electron chi connectivity index (χ4n) is 3.39. The number of carbonyl (C=O) groups excluding carboxylic acids is 2. The molecule has 2 aromatic carbocycles. The van der Waals surface area contributed by atoms with Gasteiger partial charge in [0, 0.05) is 12.0 Å². The van der Waals surface area contributed by atoms with Crippen molar-refractivity contribution in [2.45, 2.75) is 33.3 Å². The van der Waals surface area contributed by atoms with E-state index in [-0.39, 0.29) is 41.9 Å². The summed E-state index contributed by atoms with van der Waals surface area (Å²) in [6, 6.07) is 12.9. The second kappa shape index (κ2) is 13.3. The summed E-state index contributed by atoms with van der Waals surface area (Å²) in [5.41, 5.74) is 1.83. The van der Waals surface area contributed by atoms with Crippen molar-refractivity contribution in [2.75, 3.05) is 13.7 Å². The van der Waals surface area contributed by atoms with Crippen molar-refractivity contribution in [2.24, 2.45) is 4.99 Å². The smallest absolute Gasteiger partial charge is 0.344 e. The van der Waals surface area contributed by atoms with Crippen LogP contribution in [0.4, 0.5) is 0 Å². The molecule has 0 fully saturated rings. The fourth-order valence-corrected chi connectivity index (χ4v) is 5.21. The second-order valence-electron chi connectivity index (χ2n) is 7.71. The van der Waals surface area contributed by atoms with Crippen LogP contribution in [0.15, 0.2) is 57.6 Å². The van der Waals surface area contributed by atoms with Crippen LogP contribution in [0.5, 0.6) is 11.5 Å². The monoisotopic (exact) mass is 632 g/mol. The van der Waals surface area contributed by atoms with Gasteiger partial charge >= 0.3 is 5.97 Å². The van der Waals surface area contributed by atoms with Crippen LogP contribution in [-0.2, 0) is 20.9 Å². The number of hydrogen-bond acceptors (Lipinski definition) is 8. The SMILES string of the molecule is CCCC(=O)N=C1S/C(=C\c2cc(I)c(OCc3ccccc3C#N)c(OC)c2)C(O)=C1C(=O)OCC. The quantitative estimate of drug-likeness (QED) is 0.267.